The molecule has 144 valence electrons. The highest BCUT2D eigenvalue weighted by molar-refractivity contribution is 9.10. The molecule has 1 nitrogen and oxygen atoms in total. The van der Waals surface area contributed by atoms with Gasteiger partial charge in [-0.2, -0.15) is 0 Å². The minimum Gasteiger partial charge on any atom is -0.308 e. The molecule has 0 spiro atoms. The summed E-state index contributed by atoms with van der Waals surface area (Å²) in [4.78, 5) is 0. The maximum Gasteiger partial charge on any atom is 0.0344 e. The van der Waals surface area contributed by atoms with E-state index in [0.29, 0.717) is 0 Å². The molecule has 2 heteroatoms. The Morgan fingerprint density at radius 1 is 0.862 bits per heavy atom. The third-order valence-electron chi connectivity index (χ3n) is 5.38. The van der Waals surface area contributed by atoms with E-state index in [0.717, 1.165) is 34.9 Å². The maximum absolute atomic E-state index is 8.10. The van der Waals surface area contributed by atoms with Crippen molar-refractivity contribution in [2.75, 3.05) is 0 Å². The molecule has 1 aliphatic rings. The Morgan fingerprint density at radius 3 is 2.28 bits per heavy atom. The molecule has 0 amide bonds. The standard InChI is InChI=1S/C27H24BrN/c1-2-3-14-23-25(18-29)27(28)24-16-8-7-15-22(24)26(23)21-13-9-12-20(17-21)19-10-5-4-6-11-19/h3-6,9-18,29H,2,7-8H2,1H3/b14-3-,29-18?. The lowest BCUT2D eigenvalue weighted by molar-refractivity contribution is 1.11. The van der Waals surface area contributed by atoms with Gasteiger partial charge in [-0.25, -0.2) is 0 Å². The normalized spacial score (nSPS) is 12.9. The predicted octanol–water partition coefficient (Wildman–Crippen LogP) is 6.56. The molecular weight excluding hydrogens is 418 g/mol. The Balaban J connectivity index is 2.06. The first kappa shape index (κ1) is 19.6. The van der Waals surface area contributed by atoms with Gasteiger partial charge in [0.2, 0.25) is 0 Å². The topological polar surface area (TPSA) is 23.9 Å². The monoisotopic (exact) mass is 441 g/mol. The smallest absolute Gasteiger partial charge is 0.0344 e. The summed E-state index contributed by atoms with van der Waals surface area (Å²) < 4.78 is 1.03. The second kappa shape index (κ2) is 8.75. The average molecular weight is 442 g/mol. The van der Waals surface area contributed by atoms with Crippen LogP contribution in [-0.4, -0.2) is 6.21 Å². The van der Waals surface area contributed by atoms with Crippen LogP contribution in [0.15, 0.2) is 65.1 Å². The van der Waals surface area contributed by atoms with Crippen molar-refractivity contribution >= 4 is 40.4 Å². The van der Waals surface area contributed by atoms with Crippen molar-refractivity contribution in [1.29, 1.82) is 5.41 Å². The van der Waals surface area contributed by atoms with E-state index in [1.54, 1.807) is 0 Å². The Labute approximate surface area is 180 Å². The van der Waals surface area contributed by atoms with Crippen LogP contribution in [-0.2, 0) is 0 Å². The van der Waals surface area contributed by atoms with Crippen molar-refractivity contribution in [3.63, 3.8) is 0 Å². The molecule has 0 atom stereocenters. The molecular formula is C27H24BrN. The molecule has 0 fully saturated rings. The summed E-state index contributed by atoms with van der Waals surface area (Å²) in [6.45, 7) is 2.14. The quantitative estimate of drug-likeness (QED) is 0.433. The molecule has 0 radical (unpaired) electrons. The van der Waals surface area contributed by atoms with Gasteiger partial charge in [-0.15, -0.1) is 0 Å². The largest absolute Gasteiger partial charge is 0.308 e. The lowest BCUT2D eigenvalue weighted by Crippen LogP contribution is -2.32. The molecule has 0 saturated carbocycles. The van der Waals surface area contributed by atoms with Crippen LogP contribution in [0.4, 0.5) is 0 Å². The summed E-state index contributed by atoms with van der Waals surface area (Å²) in [6.07, 6.45) is 13.5. The van der Waals surface area contributed by atoms with Crippen LogP contribution in [0.3, 0.4) is 0 Å². The summed E-state index contributed by atoms with van der Waals surface area (Å²) in [5, 5.41) is 10.6. The molecule has 3 aromatic rings. The molecule has 3 aromatic carbocycles. The van der Waals surface area contributed by atoms with Gasteiger partial charge in [-0.1, -0.05) is 79.8 Å². The first-order valence-electron chi connectivity index (χ1n) is 10.1. The van der Waals surface area contributed by atoms with Crippen LogP contribution in [0.1, 0.15) is 37.3 Å². The van der Waals surface area contributed by atoms with Crippen molar-refractivity contribution in [2.24, 2.45) is 0 Å². The summed E-state index contributed by atoms with van der Waals surface area (Å²) in [5.41, 5.74) is 6.90. The van der Waals surface area contributed by atoms with Gasteiger partial charge in [0.1, 0.15) is 0 Å². The van der Waals surface area contributed by atoms with Crippen LogP contribution < -0.4 is 10.4 Å². The van der Waals surface area contributed by atoms with Crippen molar-refractivity contribution in [1.82, 2.24) is 0 Å². The summed E-state index contributed by atoms with van der Waals surface area (Å²) in [6, 6.07) is 19.3. The van der Waals surface area contributed by atoms with Gasteiger partial charge in [-0.05, 0) is 79.5 Å². The van der Waals surface area contributed by atoms with Gasteiger partial charge in [0, 0.05) is 16.3 Å². The zero-order chi connectivity index (χ0) is 20.2. The highest BCUT2D eigenvalue weighted by Crippen LogP contribution is 2.30. The molecule has 1 N–H and O–H groups in total. The summed E-state index contributed by atoms with van der Waals surface area (Å²) in [7, 11) is 0. The van der Waals surface area contributed by atoms with Gasteiger partial charge in [-0.3, -0.25) is 0 Å². The van der Waals surface area contributed by atoms with E-state index < -0.39 is 0 Å². The van der Waals surface area contributed by atoms with Crippen LogP contribution >= 0.6 is 15.9 Å². The van der Waals surface area contributed by atoms with E-state index in [2.05, 4.69) is 95.7 Å². The molecule has 0 saturated heterocycles. The Bertz CT molecular complexity index is 1200. The van der Waals surface area contributed by atoms with Crippen LogP contribution in [0.2, 0.25) is 0 Å². The SMILES string of the molecule is CC/C=C\c1c(C=N)c(Br)c2c(c1-c1cccc(-c3ccccc3)c1)=CCCC=2. The van der Waals surface area contributed by atoms with Crippen LogP contribution in [0, 0.1) is 5.41 Å². The lowest BCUT2D eigenvalue weighted by Gasteiger charge is -2.17. The van der Waals surface area contributed by atoms with Crippen molar-refractivity contribution in [2.45, 2.75) is 26.2 Å². The van der Waals surface area contributed by atoms with E-state index >= 15 is 0 Å². The van der Waals surface area contributed by atoms with Crippen molar-refractivity contribution in [3.8, 4) is 22.3 Å². The summed E-state index contributed by atoms with van der Waals surface area (Å²) >= 11 is 3.79. The average Bonchev–Trinajstić information content (AvgIpc) is 2.78. The molecule has 0 aliphatic heterocycles. The third-order valence-corrected chi connectivity index (χ3v) is 6.23. The molecule has 0 aromatic heterocycles. The lowest BCUT2D eigenvalue weighted by atomic mass is 9.88. The Morgan fingerprint density at radius 2 is 1.55 bits per heavy atom. The van der Waals surface area contributed by atoms with Gasteiger partial charge in [0.25, 0.3) is 0 Å². The number of nitrogens with one attached hydrogen (secondary N) is 1. The fourth-order valence-electron chi connectivity index (χ4n) is 4.01. The number of fused-ring (bicyclic) bond motifs is 1. The van der Waals surface area contributed by atoms with Gasteiger partial charge in [0.15, 0.2) is 0 Å². The van der Waals surface area contributed by atoms with E-state index in [1.165, 1.54) is 38.9 Å². The Kier molecular flexibility index (Phi) is 5.92. The minimum atomic E-state index is 0.945. The zero-order valence-corrected chi connectivity index (χ0v) is 18.2. The number of hydrogen-bond acceptors (Lipinski definition) is 1. The second-order valence-corrected chi connectivity index (χ2v) is 8.02. The third kappa shape index (κ3) is 3.77. The van der Waals surface area contributed by atoms with Gasteiger partial charge >= 0.3 is 0 Å². The fourth-order valence-corrected chi connectivity index (χ4v) is 4.71. The Hall–Kier alpha value is -2.71. The van der Waals surface area contributed by atoms with Crippen molar-refractivity contribution in [3.05, 3.63) is 86.7 Å². The number of rotatable bonds is 5. The first-order chi connectivity index (χ1) is 14.2. The maximum atomic E-state index is 8.10. The molecule has 0 heterocycles. The first-order valence-corrected chi connectivity index (χ1v) is 10.9. The zero-order valence-electron chi connectivity index (χ0n) is 16.6. The summed E-state index contributed by atoms with van der Waals surface area (Å²) in [5.74, 6) is 0. The molecule has 1 aliphatic carbocycles. The number of halogens is 1. The number of hydrogen-bond donors (Lipinski definition) is 1. The number of benzene rings is 3. The fraction of sp³-hybridized carbons (Fsp3) is 0.148. The van der Waals surface area contributed by atoms with Gasteiger partial charge in [0.05, 0.1) is 0 Å². The molecule has 29 heavy (non-hydrogen) atoms. The minimum absolute atomic E-state index is 0.945. The van der Waals surface area contributed by atoms with Crippen LogP contribution in [0.25, 0.3) is 40.5 Å². The number of allylic oxidation sites excluding steroid dienone is 1. The van der Waals surface area contributed by atoms with Crippen molar-refractivity contribution < 1.29 is 0 Å². The van der Waals surface area contributed by atoms with E-state index in [9.17, 15) is 0 Å². The molecule has 4 rings (SSSR count). The van der Waals surface area contributed by atoms with Crippen LogP contribution in [0.5, 0.6) is 0 Å². The highest BCUT2D eigenvalue weighted by Gasteiger charge is 2.16. The second-order valence-electron chi connectivity index (χ2n) is 7.23. The van der Waals surface area contributed by atoms with Gasteiger partial charge < -0.3 is 5.41 Å². The van der Waals surface area contributed by atoms with E-state index in [-0.39, 0.29) is 0 Å². The van der Waals surface area contributed by atoms with E-state index in [4.69, 9.17) is 5.41 Å². The highest BCUT2D eigenvalue weighted by atomic mass is 79.9. The predicted molar refractivity (Wildman–Crippen MR) is 130 cm³/mol. The molecule has 0 unspecified atom stereocenters. The van der Waals surface area contributed by atoms with E-state index in [1.807, 2.05) is 6.07 Å². The molecule has 0 bridgehead atoms.